The Labute approximate surface area is 206 Å². The third-order valence-electron chi connectivity index (χ3n) is 5.70. The maximum atomic E-state index is 12.6. The number of ketones is 1. The standard InChI is InChI=1S/C19H25F3N4O2S.C2HF3O2/c20-19(21,22)17-25-26-18(29-17)24-16(28)7-6-13(10-12-4-2-1-3-5-12)11-15(27)14-8-9-23-14;3-2(4,5)1(6)7/h6-7,12-14,23H,1-5,8-11H2,(H,24,26,28);(H,6,7)/b7-6+;/t13-,14+;/m1./s1. The molecule has 2 atom stereocenters. The van der Waals surface area contributed by atoms with E-state index < -0.39 is 29.2 Å². The van der Waals surface area contributed by atoms with Crippen molar-refractivity contribution in [3.05, 3.63) is 17.2 Å². The SMILES string of the molecule is O=C(/C=C/[C@@H](CC(=O)[C@@H]1CCN1)CC1CCCCC1)Nc1nnc(C(F)(F)F)s1.O=C(O)C(F)(F)F. The van der Waals surface area contributed by atoms with Crippen LogP contribution in [0, 0.1) is 11.8 Å². The first-order valence-corrected chi connectivity index (χ1v) is 12.0. The van der Waals surface area contributed by atoms with Gasteiger partial charge in [0.05, 0.1) is 6.04 Å². The number of carboxylic acid groups (broad SMARTS) is 1. The molecule has 0 bridgehead atoms. The number of hydrogen-bond acceptors (Lipinski definition) is 7. The van der Waals surface area contributed by atoms with Gasteiger partial charge in [0.2, 0.25) is 16.0 Å². The van der Waals surface area contributed by atoms with Gasteiger partial charge < -0.3 is 10.4 Å². The zero-order chi connectivity index (χ0) is 26.9. The van der Waals surface area contributed by atoms with Gasteiger partial charge in [-0.15, -0.1) is 10.2 Å². The lowest BCUT2D eigenvalue weighted by Crippen LogP contribution is -2.48. The number of halogens is 6. The first-order valence-electron chi connectivity index (χ1n) is 11.2. The number of carboxylic acids is 1. The molecule has 0 unspecified atom stereocenters. The third-order valence-corrected chi connectivity index (χ3v) is 6.58. The number of aliphatic carboxylic acids is 1. The van der Waals surface area contributed by atoms with Crippen molar-refractivity contribution in [2.45, 2.75) is 69.8 Å². The van der Waals surface area contributed by atoms with Crippen LogP contribution < -0.4 is 10.6 Å². The number of carbonyl (C=O) groups excluding carboxylic acids is 2. The second kappa shape index (κ2) is 13.1. The molecule has 1 aliphatic carbocycles. The van der Waals surface area contributed by atoms with Gasteiger partial charge in [0.15, 0.2) is 0 Å². The maximum absolute atomic E-state index is 12.6. The van der Waals surface area contributed by atoms with Crippen molar-refractivity contribution in [3.8, 4) is 0 Å². The van der Waals surface area contributed by atoms with Gasteiger partial charge in [0.25, 0.3) is 0 Å². The number of anilines is 1. The van der Waals surface area contributed by atoms with E-state index in [9.17, 15) is 35.9 Å². The Bertz CT molecular complexity index is 924. The Kier molecular flexibility index (Phi) is 10.8. The second-order valence-corrected chi connectivity index (χ2v) is 9.50. The van der Waals surface area contributed by atoms with Gasteiger partial charge in [0.1, 0.15) is 5.78 Å². The molecule has 2 aliphatic rings. The lowest BCUT2D eigenvalue weighted by Gasteiger charge is -2.29. The molecule has 1 amide bonds. The Balaban J connectivity index is 0.000000572. The van der Waals surface area contributed by atoms with E-state index in [1.807, 2.05) is 0 Å². The maximum Gasteiger partial charge on any atom is 0.490 e. The van der Waals surface area contributed by atoms with E-state index in [0.29, 0.717) is 12.3 Å². The van der Waals surface area contributed by atoms with E-state index >= 15 is 0 Å². The number of carbonyl (C=O) groups is 3. The third kappa shape index (κ3) is 10.2. The van der Waals surface area contributed by atoms with Gasteiger partial charge in [0, 0.05) is 6.42 Å². The molecule has 8 nitrogen and oxygen atoms in total. The van der Waals surface area contributed by atoms with Gasteiger partial charge >= 0.3 is 18.3 Å². The zero-order valence-electron chi connectivity index (χ0n) is 19.0. The van der Waals surface area contributed by atoms with Crippen LogP contribution in [-0.2, 0) is 20.6 Å². The van der Waals surface area contributed by atoms with Crippen LogP contribution in [0.15, 0.2) is 12.2 Å². The Morgan fingerprint density at radius 3 is 2.17 bits per heavy atom. The topological polar surface area (TPSA) is 121 Å². The van der Waals surface area contributed by atoms with Gasteiger partial charge in [-0.05, 0) is 37.3 Å². The number of rotatable bonds is 8. The summed E-state index contributed by atoms with van der Waals surface area (Å²) in [5, 5.41) is 17.6. The second-order valence-electron chi connectivity index (χ2n) is 8.53. The highest BCUT2D eigenvalue weighted by Crippen LogP contribution is 2.33. The van der Waals surface area contributed by atoms with E-state index in [4.69, 9.17) is 9.90 Å². The molecule has 0 spiro atoms. The summed E-state index contributed by atoms with van der Waals surface area (Å²) in [5.41, 5.74) is 0. The first-order chi connectivity index (χ1) is 16.8. The van der Waals surface area contributed by atoms with Gasteiger partial charge in [-0.3, -0.25) is 14.9 Å². The summed E-state index contributed by atoms with van der Waals surface area (Å²) in [6, 6.07) is -0.0896. The molecule has 36 heavy (non-hydrogen) atoms. The number of amides is 1. The van der Waals surface area contributed by atoms with Crippen molar-refractivity contribution in [2.24, 2.45) is 11.8 Å². The number of alkyl halides is 6. The van der Waals surface area contributed by atoms with Crippen LogP contribution in [0.5, 0.6) is 0 Å². The summed E-state index contributed by atoms with van der Waals surface area (Å²) in [6.07, 6.45) is 1.30. The Hall–Kier alpha value is -2.55. The molecule has 15 heteroatoms. The monoisotopic (exact) mass is 544 g/mol. The number of nitrogens with one attached hydrogen (secondary N) is 2. The van der Waals surface area contributed by atoms with Crippen molar-refractivity contribution in [1.29, 1.82) is 0 Å². The predicted octanol–water partition coefficient (Wildman–Crippen LogP) is 4.59. The molecule has 202 valence electrons. The van der Waals surface area contributed by atoms with Crippen LogP contribution in [0.1, 0.15) is 56.4 Å². The van der Waals surface area contributed by atoms with Crippen molar-refractivity contribution in [1.82, 2.24) is 15.5 Å². The molecular formula is C21H26F6N4O4S. The van der Waals surface area contributed by atoms with E-state index in [1.165, 1.54) is 25.3 Å². The molecule has 2 fully saturated rings. The van der Waals surface area contributed by atoms with E-state index in [-0.39, 0.29) is 34.2 Å². The molecule has 1 aliphatic heterocycles. The average Bonchev–Trinajstić information content (AvgIpc) is 3.20. The summed E-state index contributed by atoms with van der Waals surface area (Å²) in [5.74, 6) is -2.69. The molecule has 3 N–H and O–H groups in total. The van der Waals surface area contributed by atoms with Crippen LogP contribution in [-0.4, -0.2) is 51.7 Å². The van der Waals surface area contributed by atoms with E-state index in [0.717, 1.165) is 32.2 Å². The van der Waals surface area contributed by atoms with Crippen LogP contribution in [0.3, 0.4) is 0 Å². The number of aromatic nitrogens is 2. The lowest BCUT2D eigenvalue weighted by molar-refractivity contribution is -0.192. The fourth-order valence-electron chi connectivity index (χ4n) is 3.80. The summed E-state index contributed by atoms with van der Waals surface area (Å²) in [4.78, 5) is 33.4. The molecule has 0 radical (unpaired) electrons. The van der Waals surface area contributed by atoms with Gasteiger partial charge in [-0.2, -0.15) is 26.3 Å². The lowest BCUT2D eigenvalue weighted by atomic mass is 9.80. The first kappa shape index (κ1) is 29.7. The fraction of sp³-hybridized carbons (Fsp3) is 0.667. The Morgan fingerprint density at radius 2 is 1.69 bits per heavy atom. The van der Waals surface area contributed by atoms with Crippen molar-refractivity contribution in [3.63, 3.8) is 0 Å². The normalized spacial score (nSPS) is 19.7. The Morgan fingerprint density at radius 1 is 1.08 bits per heavy atom. The van der Waals surface area contributed by atoms with Crippen LogP contribution in [0.4, 0.5) is 31.5 Å². The highest BCUT2D eigenvalue weighted by molar-refractivity contribution is 7.15. The molecule has 1 aromatic rings. The highest BCUT2D eigenvalue weighted by Gasteiger charge is 2.38. The molecule has 1 aromatic heterocycles. The van der Waals surface area contributed by atoms with Crippen LogP contribution >= 0.6 is 11.3 Å². The molecule has 1 saturated carbocycles. The van der Waals surface area contributed by atoms with E-state index in [1.54, 1.807) is 6.08 Å². The minimum Gasteiger partial charge on any atom is -0.475 e. The van der Waals surface area contributed by atoms with E-state index in [2.05, 4.69) is 20.8 Å². The van der Waals surface area contributed by atoms with Crippen LogP contribution in [0.2, 0.25) is 0 Å². The molecule has 2 heterocycles. The van der Waals surface area contributed by atoms with Gasteiger partial charge in [-0.25, -0.2) is 4.79 Å². The molecule has 0 aromatic carbocycles. The molecule has 1 saturated heterocycles. The molecule has 3 rings (SSSR count). The smallest absolute Gasteiger partial charge is 0.475 e. The summed E-state index contributed by atoms with van der Waals surface area (Å²) >= 11 is 0.281. The summed E-state index contributed by atoms with van der Waals surface area (Å²) < 4.78 is 69.5. The largest absolute Gasteiger partial charge is 0.490 e. The number of allylic oxidation sites excluding steroid dienone is 1. The zero-order valence-corrected chi connectivity index (χ0v) is 19.8. The quantitative estimate of drug-likeness (QED) is 0.323. The van der Waals surface area contributed by atoms with Crippen molar-refractivity contribution in [2.75, 3.05) is 11.9 Å². The van der Waals surface area contributed by atoms with Crippen molar-refractivity contribution >= 4 is 34.1 Å². The predicted molar refractivity (Wildman–Crippen MR) is 117 cm³/mol. The van der Waals surface area contributed by atoms with Crippen molar-refractivity contribution < 1.29 is 45.8 Å². The average molecular weight is 545 g/mol. The highest BCUT2D eigenvalue weighted by atomic mass is 32.1. The number of hydrogen-bond donors (Lipinski definition) is 3. The summed E-state index contributed by atoms with van der Waals surface area (Å²) in [7, 11) is 0. The van der Waals surface area contributed by atoms with Crippen LogP contribution in [0.25, 0.3) is 0 Å². The number of Topliss-reactive ketones (excluding diaryl/α,β-unsaturated/α-hetero) is 1. The molecular weight excluding hydrogens is 518 g/mol. The minimum atomic E-state index is -5.08. The summed E-state index contributed by atoms with van der Waals surface area (Å²) in [6.45, 7) is 0.851. The fourth-order valence-corrected chi connectivity index (χ4v) is 4.42. The minimum absolute atomic E-state index is 0.0566. The number of nitrogens with zero attached hydrogens (tertiary/aromatic N) is 2. The van der Waals surface area contributed by atoms with Gasteiger partial charge in [-0.1, -0.05) is 49.5 Å².